The molecule has 1 unspecified atom stereocenters. The Labute approximate surface area is 209 Å². The van der Waals surface area contributed by atoms with E-state index in [1.165, 1.54) is 24.1 Å². The molecule has 6 nitrogen and oxygen atoms in total. The molecule has 1 fully saturated rings. The zero-order chi connectivity index (χ0) is 22.2. The number of aliphatic imine (C=N–C) groups is 1. The van der Waals surface area contributed by atoms with Crippen molar-refractivity contribution in [1.29, 1.82) is 0 Å². The van der Waals surface area contributed by atoms with Crippen LogP contribution in [0.15, 0.2) is 53.5 Å². The van der Waals surface area contributed by atoms with Crippen molar-refractivity contribution < 1.29 is 4.79 Å². The van der Waals surface area contributed by atoms with Gasteiger partial charge in [-0.25, -0.2) is 0 Å². The summed E-state index contributed by atoms with van der Waals surface area (Å²) >= 11 is 0. The highest BCUT2D eigenvalue weighted by molar-refractivity contribution is 14.0. The number of halogens is 1. The molecule has 2 aromatic rings. The Morgan fingerprint density at radius 1 is 1.06 bits per heavy atom. The zero-order valence-corrected chi connectivity index (χ0v) is 21.9. The third-order valence-electron chi connectivity index (χ3n) is 5.62. The van der Waals surface area contributed by atoms with Crippen molar-refractivity contribution in [3.05, 3.63) is 59.7 Å². The fourth-order valence-corrected chi connectivity index (χ4v) is 3.63. The molecule has 3 rings (SSSR count). The Hall–Kier alpha value is -2.29. The minimum Gasteiger partial charge on any atom is -0.372 e. The molecule has 0 aliphatic carbocycles. The van der Waals surface area contributed by atoms with Gasteiger partial charge < -0.3 is 20.9 Å². The van der Waals surface area contributed by atoms with Crippen LogP contribution in [0.25, 0.3) is 0 Å². The highest BCUT2D eigenvalue weighted by Crippen LogP contribution is 2.24. The predicted octanol–water partition coefficient (Wildman–Crippen LogP) is 4.93. The first-order valence-electron chi connectivity index (χ1n) is 11.2. The lowest BCUT2D eigenvalue weighted by molar-refractivity contribution is -0.118. The van der Waals surface area contributed by atoms with E-state index in [0.717, 1.165) is 30.3 Å². The average Bonchev–Trinajstić information content (AvgIpc) is 3.32. The molecule has 1 aliphatic heterocycles. The summed E-state index contributed by atoms with van der Waals surface area (Å²) in [6.45, 7) is 8.87. The molecule has 7 heteroatoms. The van der Waals surface area contributed by atoms with Gasteiger partial charge in [0, 0.05) is 44.0 Å². The lowest BCUT2D eigenvalue weighted by atomic mass is 10.1. The molecule has 0 radical (unpaired) electrons. The van der Waals surface area contributed by atoms with E-state index in [2.05, 4.69) is 57.0 Å². The van der Waals surface area contributed by atoms with Crippen molar-refractivity contribution >= 4 is 47.2 Å². The monoisotopic (exact) mass is 549 g/mol. The first kappa shape index (κ1) is 26.0. The summed E-state index contributed by atoms with van der Waals surface area (Å²) in [7, 11) is 1.78. The summed E-state index contributed by atoms with van der Waals surface area (Å²) in [5, 5.41) is 9.77. The summed E-state index contributed by atoms with van der Waals surface area (Å²) in [5.41, 5.74) is 4.49. The summed E-state index contributed by atoms with van der Waals surface area (Å²) in [6, 6.07) is 16.8. The third-order valence-corrected chi connectivity index (χ3v) is 5.62. The third kappa shape index (κ3) is 7.39. The van der Waals surface area contributed by atoms with Crippen molar-refractivity contribution in [2.75, 3.05) is 30.4 Å². The predicted molar refractivity (Wildman–Crippen MR) is 145 cm³/mol. The summed E-state index contributed by atoms with van der Waals surface area (Å²) in [6.07, 6.45) is 2.55. The lowest BCUT2D eigenvalue weighted by Crippen LogP contribution is -2.38. The fourth-order valence-electron chi connectivity index (χ4n) is 3.63. The van der Waals surface area contributed by atoms with Crippen LogP contribution in [-0.4, -0.2) is 32.0 Å². The minimum atomic E-state index is -0.0335. The molecule has 32 heavy (non-hydrogen) atoms. The first-order valence-corrected chi connectivity index (χ1v) is 11.2. The fraction of sp³-hybridized carbons (Fsp3) is 0.440. The maximum absolute atomic E-state index is 11.8. The number of rotatable bonds is 7. The van der Waals surface area contributed by atoms with Crippen molar-refractivity contribution in [2.45, 2.75) is 46.2 Å². The van der Waals surface area contributed by atoms with Crippen LogP contribution in [0.2, 0.25) is 0 Å². The molecule has 1 atom stereocenters. The molecule has 1 amide bonds. The van der Waals surface area contributed by atoms with E-state index in [0.29, 0.717) is 6.54 Å². The first-order chi connectivity index (χ1) is 15.0. The highest BCUT2D eigenvalue weighted by atomic mass is 127. The topological polar surface area (TPSA) is 68.8 Å². The number of benzene rings is 2. The minimum absolute atomic E-state index is 0. The number of guanidine groups is 1. The van der Waals surface area contributed by atoms with E-state index in [1.807, 2.05) is 38.1 Å². The maximum Gasteiger partial charge on any atom is 0.226 e. The lowest BCUT2D eigenvalue weighted by Gasteiger charge is -2.22. The van der Waals surface area contributed by atoms with E-state index in [1.54, 1.807) is 7.05 Å². The van der Waals surface area contributed by atoms with Gasteiger partial charge in [-0.3, -0.25) is 9.79 Å². The number of hydrogen-bond donors (Lipinski definition) is 3. The molecule has 0 bridgehead atoms. The van der Waals surface area contributed by atoms with Crippen LogP contribution < -0.4 is 20.9 Å². The number of carbonyl (C=O) groups excluding carboxylic acids is 1. The van der Waals surface area contributed by atoms with Crippen molar-refractivity contribution in [2.24, 2.45) is 10.9 Å². The quantitative estimate of drug-likeness (QED) is 0.261. The normalized spacial score (nSPS) is 14.7. The zero-order valence-electron chi connectivity index (χ0n) is 19.5. The number of anilines is 2. The van der Waals surface area contributed by atoms with Crippen LogP contribution >= 0.6 is 24.0 Å². The van der Waals surface area contributed by atoms with E-state index in [9.17, 15) is 4.79 Å². The molecule has 1 heterocycles. The number of nitrogens with zero attached hydrogens (tertiary/aromatic N) is 2. The van der Waals surface area contributed by atoms with Crippen molar-refractivity contribution in [1.82, 2.24) is 10.6 Å². The molecule has 2 aromatic carbocycles. The van der Waals surface area contributed by atoms with E-state index in [-0.39, 0.29) is 41.8 Å². The number of nitrogens with one attached hydrogen (secondary N) is 3. The summed E-state index contributed by atoms with van der Waals surface area (Å²) < 4.78 is 0. The Bertz CT molecular complexity index is 891. The van der Waals surface area contributed by atoms with Gasteiger partial charge in [0.25, 0.3) is 0 Å². The molecular weight excluding hydrogens is 513 g/mol. The molecule has 0 spiro atoms. The second-order valence-corrected chi connectivity index (χ2v) is 8.42. The Balaban J connectivity index is 0.00000363. The van der Waals surface area contributed by atoms with Gasteiger partial charge in [0.05, 0.1) is 6.04 Å². The van der Waals surface area contributed by atoms with Crippen LogP contribution in [0.5, 0.6) is 0 Å². The average molecular weight is 550 g/mol. The van der Waals surface area contributed by atoms with Gasteiger partial charge in [-0.2, -0.15) is 0 Å². The number of carbonyl (C=O) groups is 1. The maximum atomic E-state index is 11.8. The molecule has 174 valence electrons. The van der Waals surface area contributed by atoms with Crippen LogP contribution in [0.1, 0.15) is 50.8 Å². The summed E-state index contributed by atoms with van der Waals surface area (Å²) in [4.78, 5) is 18.6. The largest absolute Gasteiger partial charge is 0.372 e. The van der Waals surface area contributed by atoms with Crippen molar-refractivity contribution in [3.8, 4) is 0 Å². The van der Waals surface area contributed by atoms with Crippen LogP contribution in [0, 0.1) is 5.92 Å². The van der Waals surface area contributed by atoms with Crippen LogP contribution in [0.4, 0.5) is 11.4 Å². The van der Waals surface area contributed by atoms with Gasteiger partial charge in [0.1, 0.15) is 0 Å². The van der Waals surface area contributed by atoms with Gasteiger partial charge in [0.2, 0.25) is 5.91 Å². The summed E-state index contributed by atoms with van der Waals surface area (Å²) in [5.74, 6) is 0.753. The van der Waals surface area contributed by atoms with Crippen LogP contribution in [0.3, 0.4) is 0 Å². The van der Waals surface area contributed by atoms with E-state index >= 15 is 0 Å². The Morgan fingerprint density at radius 3 is 2.38 bits per heavy atom. The van der Waals surface area contributed by atoms with E-state index in [4.69, 9.17) is 0 Å². The molecule has 0 saturated carbocycles. The van der Waals surface area contributed by atoms with Gasteiger partial charge in [-0.15, -0.1) is 24.0 Å². The van der Waals surface area contributed by atoms with E-state index < -0.39 is 0 Å². The van der Waals surface area contributed by atoms with Gasteiger partial charge in [-0.1, -0.05) is 38.1 Å². The van der Waals surface area contributed by atoms with Gasteiger partial charge >= 0.3 is 0 Å². The molecule has 3 N–H and O–H groups in total. The molecule has 1 aliphatic rings. The van der Waals surface area contributed by atoms with Gasteiger partial charge in [-0.05, 0) is 55.2 Å². The Morgan fingerprint density at radius 2 is 1.75 bits per heavy atom. The highest BCUT2D eigenvalue weighted by Gasteiger charge is 2.14. The van der Waals surface area contributed by atoms with Gasteiger partial charge in [0.15, 0.2) is 5.96 Å². The second-order valence-electron chi connectivity index (χ2n) is 8.42. The molecule has 0 aromatic heterocycles. The smallest absolute Gasteiger partial charge is 0.226 e. The molecule has 1 saturated heterocycles. The van der Waals surface area contributed by atoms with Crippen LogP contribution in [-0.2, 0) is 11.3 Å². The SMILES string of the molecule is CN=C(NCc1ccc(NC(=O)C(C)C)cc1)NC(C)c1cccc(N2CCCC2)c1.I. The molecular formula is C25H36IN5O. The number of amides is 1. The second kappa shape index (κ2) is 12.7. The van der Waals surface area contributed by atoms with Crippen molar-refractivity contribution in [3.63, 3.8) is 0 Å². The Kier molecular flexibility index (Phi) is 10.3. The standard InChI is InChI=1S/C25H35N5O.HI/c1-18(2)24(31)29-22-12-10-20(11-13-22)17-27-25(26-4)28-19(3)21-8-7-9-23(16-21)30-14-5-6-15-30;/h7-13,16,18-19H,5-6,14-15,17H2,1-4H3,(H,29,31)(H2,26,27,28);1H. The number of hydrogen-bond acceptors (Lipinski definition) is 3.